The van der Waals surface area contributed by atoms with E-state index in [-0.39, 0.29) is 5.91 Å². The van der Waals surface area contributed by atoms with Crippen LogP contribution in [0, 0.1) is 0 Å². The quantitative estimate of drug-likeness (QED) is 0.402. The van der Waals surface area contributed by atoms with E-state index >= 15 is 0 Å². The van der Waals surface area contributed by atoms with Gasteiger partial charge < -0.3 is 20.7 Å². The van der Waals surface area contributed by atoms with Gasteiger partial charge in [-0.05, 0) is 44.0 Å². The van der Waals surface area contributed by atoms with E-state index in [1.807, 2.05) is 0 Å². The standard InChI is InChI=1S/C19H30N4O2/c1-3-20-19(23-16-7-5-4-6-8-16)22-14-13-21-18(24)15-9-11-17(25-2)12-10-15/h9-12,16H,3-8,13-14H2,1-2H3,(H,21,24)(H2,20,22,23). The molecular formula is C19H30N4O2. The van der Waals surface area contributed by atoms with Crippen molar-refractivity contribution in [3.8, 4) is 5.75 Å². The first-order valence-electron chi connectivity index (χ1n) is 9.20. The van der Waals surface area contributed by atoms with Gasteiger partial charge in [0.05, 0.1) is 13.7 Å². The van der Waals surface area contributed by atoms with Crippen LogP contribution in [0.1, 0.15) is 49.4 Å². The Labute approximate surface area is 150 Å². The van der Waals surface area contributed by atoms with E-state index in [1.165, 1.54) is 32.1 Å². The Morgan fingerprint density at radius 2 is 1.88 bits per heavy atom. The number of methoxy groups -OCH3 is 1. The van der Waals surface area contributed by atoms with E-state index in [1.54, 1.807) is 31.4 Å². The smallest absolute Gasteiger partial charge is 0.251 e. The van der Waals surface area contributed by atoms with Gasteiger partial charge in [0.15, 0.2) is 5.96 Å². The molecule has 138 valence electrons. The van der Waals surface area contributed by atoms with Gasteiger partial charge in [-0.25, -0.2) is 0 Å². The van der Waals surface area contributed by atoms with Crippen molar-refractivity contribution in [1.82, 2.24) is 16.0 Å². The maximum atomic E-state index is 12.1. The number of amides is 1. The van der Waals surface area contributed by atoms with Gasteiger partial charge in [-0.2, -0.15) is 0 Å². The lowest BCUT2D eigenvalue weighted by atomic mass is 9.96. The Bertz CT molecular complexity index is 551. The minimum atomic E-state index is -0.0944. The first-order chi connectivity index (χ1) is 12.2. The van der Waals surface area contributed by atoms with E-state index in [9.17, 15) is 4.79 Å². The molecule has 0 aromatic heterocycles. The summed E-state index contributed by atoms with van der Waals surface area (Å²) in [5.74, 6) is 1.49. The second kappa shape index (κ2) is 10.6. The van der Waals surface area contributed by atoms with Crippen LogP contribution in [0.25, 0.3) is 0 Å². The highest BCUT2D eigenvalue weighted by Crippen LogP contribution is 2.17. The van der Waals surface area contributed by atoms with Gasteiger partial charge in [-0.3, -0.25) is 9.79 Å². The predicted molar refractivity (Wildman–Crippen MR) is 101 cm³/mol. The van der Waals surface area contributed by atoms with E-state index in [2.05, 4.69) is 27.9 Å². The largest absolute Gasteiger partial charge is 0.497 e. The number of nitrogens with zero attached hydrogens (tertiary/aromatic N) is 1. The van der Waals surface area contributed by atoms with Crippen molar-refractivity contribution in [3.05, 3.63) is 29.8 Å². The molecule has 1 fully saturated rings. The van der Waals surface area contributed by atoms with Crippen LogP contribution in [0.3, 0.4) is 0 Å². The van der Waals surface area contributed by atoms with Crippen molar-refractivity contribution < 1.29 is 9.53 Å². The lowest BCUT2D eigenvalue weighted by Crippen LogP contribution is -2.44. The SMILES string of the molecule is CCNC(=NCCNC(=O)c1ccc(OC)cc1)NC1CCCCC1. The number of aliphatic imine (C=N–C) groups is 1. The summed E-state index contributed by atoms with van der Waals surface area (Å²) in [5.41, 5.74) is 0.622. The molecule has 1 aromatic rings. The number of ether oxygens (including phenoxy) is 1. The van der Waals surface area contributed by atoms with E-state index in [0.717, 1.165) is 18.3 Å². The Hall–Kier alpha value is -2.24. The molecule has 1 aromatic carbocycles. The van der Waals surface area contributed by atoms with Crippen LogP contribution in [0.15, 0.2) is 29.3 Å². The highest BCUT2D eigenvalue weighted by molar-refractivity contribution is 5.94. The number of carbonyl (C=O) groups excluding carboxylic acids is 1. The summed E-state index contributed by atoms with van der Waals surface area (Å²) in [7, 11) is 1.61. The maximum Gasteiger partial charge on any atom is 0.251 e. The molecule has 0 bridgehead atoms. The average molecular weight is 346 g/mol. The van der Waals surface area contributed by atoms with Gasteiger partial charge in [0.2, 0.25) is 0 Å². The summed E-state index contributed by atoms with van der Waals surface area (Å²) in [5, 5.41) is 9.67. The van der Waals surface area contributed by atoms with Crippen molar-refractivity contribution >= 4 is 11.9 Å². The maximum absolute atomic E-state index is 12.1. The topological polar surface area (TPSA) is 74.8 Å². The fourth-order valence-electron chi connectivity index (χ4n) is 2.94. The number of guanidine groups is 1. The summed E-state index contributed by atoms with van der Waals surface area (Å²) in [6, 6.07) is 7.59. The van der Waals surface area contributed by atoms with Gasteiger partial charge in [-0.15, -0.1) is 0 Å². The Balaban J connectivity index is 1.76. The number of carbonyl (C=O) groups is 1. The van der Waals surface area contributed by atoms with Crippen LogP contribution in [-0.4, -0.2) is 44.7 Å². The Morgan fingerprint density at radius 3 is 2.52 bits per heavy atom. The number of nitrogens with one attached hydrogen (secondary N) is 3. The normalized spacial score (nSPS) is 15.5. The molecule has 0 aliphatic heterocycles. The molecule has 6 nitrogen and oxygen atoms in total. The molecule has 1 aliphatic carbocycles. The minimum Gasteiger partial charge on any atom is -0.497 e. The van der Waals surface area contributed by atoms with Gasteiger partial charge in [0.25, 0.3) is 5.91 Å². The summed E-state index contributed by atoms with van der Waals surface area (Å²) in [6.45, 7) is 3.94. The van der Waals surface area contributed by atoms with E-state index < -0.39 is 0 Å². The van der Waals surface area contributed by atoms with E-state index in [0.29, 0.717) is 24.7 Å². The minimum absolute atomic E-state index is 0.0944. The summed E-state index contributed by atoms with van der Waals surface area (Å²) < 4.78 is 5.10. The highest BCUT2D eigenvalue weighted by Gasteiger charge is 2.14. The molecule has 1 aliphatic rings. The second-order valence-corrected chi connectivity index (χ2v) is 6.22. The Kier molecular flexibility index (Phi) is 8.09. The van der Waals surface area contributed by atoms with Crippen LogP contribution in [0.5, 0.6) is 5.75 Å². The monoisotopic (exact) mass is 346 g/mol. The third-order valence-electron chi connectivity index (χ3n) is 4.31. The molecule has 1 saturated carbocycles. The van der Waals surface area contributed by atoms with Crippen molar-refractivity contribution in [2.24, 2.45) is 4.99 Å². The first-order valence-corrected chi connectivity index (χ1v) is 9.20. The van der Waals surface area contributed by atoms with Gasteiger partial charge in [-0.1, -0.05) is 19.3 Å². The van der Waals surface area contributed by atoms with Gasteiger partial charge >= 0.3 is 0 Å². The fourth-order valence-corrected chi connectivity index (χ4v) is 2.94. The molecular weight excluding hydrogens is 316 g/mol. The van der Waals surface area contributed by atoms with Gasteiger partial charge in [0, 0.05) is 24.7 Å². The Morgan fingerprint density at radius 1 is 1.16 bits per heavy atom. The molecule has 6 heteroatoms. The molecule has 0 heterocycles. The number of hydrogen-bond donors (Lipinski definition) is 3. The number of hydrogen-bond acceptors (Lipinski definition) is 3. The van der Waals surface area contributed by atoms with Crippen LogP contribution < -0.4 is 20.7 Å². The lowest BCUT2D eigenvalue weighted by molar-refractivity contribution is 0.0955. The molecule has 0 unspecified atom stereocenters. The number of rotatable bonds is 7. The molecule has 0 atom stereocenters. The molecule has 2 rings (SSSR count). The zero-order valence-electron chi connectivity index (χ0n) is 15.3. The summed E-state index contributed by atoms with van der Waals surface area (Å²) in [6.07, 6.45) is 6.32. The van der Waals surface area contributed by atoms with Crippen molar-refractivity contribution in [2.75, 3.05) is 26.7 Å². The molecule has 25 heavy (non-hydrogen) atoms. The fraction of sp³-hybridized carbons (Fsp3) is 0.579. The molecule has 0 saturated heterocycles. The summed E-state index contributed by atoms with van der Waals surface area (Å²) in [4.78, 5) is 16.7. The van der Waals surface area contributed by atoms with Crippen LogP contribution in [0.2, 0.25) is 0 Å². The molecule has 0 spiro atoms. The first kappa shape index (κ1) is 19.1. The second-order valence-electron chi connectivity index (χ2n) is 6.22. The van der Waals surface area contributed by atoms with E-state index in [4.69, 9.17) is 4.74 Å². The highest BCUT2D eigenvalue weighted by atomic mass is 16.5. The number of benzene rings is 1. The van der Waals surface area contributed by atoms with Crippen LogP contribution in [0.4, 0.5) is 0 Å². The van der Waals surface area contributed by atoms with Crippen LogP contribution >= 0.6 is 0 Å². The summed E-state index contributed by atoms with van der Waals surface area (Å²) >= 11 is 0. The van der Waals surface area contributed by atoms with Gasteiger partial charge in [0.1, 0.15) is 5.75 Å². The van der Waals surface area contributed by atoms with Crippen molar-refractivity contribution in [1.29, 1.82) is 0 Å². The molecule has 1 amide bonds. The third-order valence-corrected chi connectivity index (χ3v) is 4.31. The average Bonchev–Trinajstić information content (AvgIpc) is 2.66. The van der Waals surface area contributed by atoms with Crippen molar-refractivity contribution in [2.45, 2.75) is 45.1 Å². The predicted octanol–water partition coefficient (Wildman–Crippen LogP) is 2.31. The molecule has 3 N–H and O–H groups in total. The van der Waals surface area contributed by atoms with Crippen LogP contribution in [-0.2, 0) is 0 Å². The third kappa shape index (κ3) is 6.64. The zero-order valence-corrected chi connectivity index (χ0v) is 15.3. The zero-order chi connectivity index (χ0) is 17.9. The van der Waals surface area contributed by atoms with Crippen molar-refractivity contribution in [3.63, 3.8) is 0 Å². The molecule has 0 radical (unpaired) electrons. The lowest BCUT2D eigenvalue weighted by Gasteiger charge is -2.24.